The van der Waals surface area contributed by atoms with Crippen molar-refractivity contribution < 1.29 is 9.90 Å². The third-order valence-corrected chi connectivity index (χ3v) is 3.36. The molecule has 0 fully saturated rings. The lowest BCUT2D eigenvalue weighted by molar-refractivity contribution is -0.136. The molecule has 0 saturated carbocycles. The second-order valence-electron chi connectivity index (χ2n) is 3.13. The van der Waals surface area contributed by atoms with Crippen molar-refractivity contribution in [3.63, 3.8) is 0 Å². The number of aryl methyl sites for hydroxylation is 2. The van der Waals surface area contributed by atoms with Gasteiger partial charge in [0, 0.05) is 3.57 Å². The van der Waals surface area contributed by atoms with Gasteiger partial charge in [0.1, 0.15) is 0 Å². The molecule has 1 aromatic rings. The molecule has 70 valence electrons. The van der Waals surface area contributed by atoms with Crippen LogP contribution in [0.4, 0.5) is 0 Å². The molecule has 0 radical (unpaired) electrons. The summed E-state index contributed by atoms with van der Waals surface area (Å²) in [5.74, 6) is -0.775. The number of carbonyl (C=O) groups is 1. The molecule has 0 aliphatic heterocycles. The average Bonchev–Trinajstić information content (AvgIpc) is 1.98. The fraction of sp³-hybridized carbons (Fsp3) is 0.300. The smallest absolute Gasteiger partial charge is 0.307 e. The summed E-state index contributed by atoms with van der Waals surface area (Å²) < 4.78 is 1.06. The minimum atomic E-state index is -0.775. The molecule has 0 unspecified atom stereocenters. The summed E-state index contributed by atoms with van der Waals surface area (Å²) in [6.45, 7) is 3.98. The quantitative estimate of drug-likeness (QED) is 0.850. The molecule has 0 aromatic heterocycles. The number of carboxylic acid groups (broad SMARTS) is 1. The van der Waals surface area contributed by atoms with Gasteiger partial charge >= 0.3 is 5.97 Å². The van der Waals surface area contributed by atoms with Crippen molar-refractivity contribution in [2.24, 2.45) is 0 Å². The number of carboxylic acids is 1. The van der Waals surface area contributed by atoms with Crippen LogP contribution in [-0.4, -0.2) is 11.1 Å². The summed E-state index contributed by atoms with van der Waals surface area (Å²) in [5.41, 5.74) is 3.18. The Morgan fingerprint density at radius 1 is 1.46 bits per heavy atom. The van der Waals surface area contributed by atoms with Crippen molar-refractivity contribution in [2.75, 3.05) is 0 Å². The molecule has 0 heterocycles. The van der Waals surface area contributed by atoms with Gasteiger partial charge in [0.05, 0.1) is 6.42 Å². The molecule has 13 heavy (non-hydrogen) atoms. The van der Waals surface area contributed by atoms with Gasteiger partial charge in [0.15, 0.2) is 0 Å². The zero-order valence-electron chi connectivity index (χ0n) is 7.60. The number of hydrogen-bond acceptors (Lipinski definition) is 1. The highest BCUT2D eigenvalue weighted by molar-refractivity contribution is 14.1. The van der Waals surface area contributed by atoms with Gasteiger partial charge in [0.25, 0.3) is 0 Å². The van der Waals surface area contributed by atoms with E-state index >= 15 is 0 Å². The summed E-state index contributed by atoms with van der Waals surface area (Å²) in [6.07, 6.45) is 0.112. The Hall–Kier alpha value is -0.580. The van der Waals surface area contributed by atoms with E-state index in [0.29, 0.717) is 0 Å². The fourth-order valence-corrected chi connectivity index (χ4v) is 1.83. The maximum Gasteiger partial charge on any atom is 0.307 e. The largest absolute Gasteiger partial charge is 0.481 e. The van der Waals surface area contributed by atoms with Gasteiger partial charge < -0.3 is 5.11 Å². The highest BCUT2D eigenvalue weighted by Crippen LogP contribution is 2.19. The third-order valence-electron chi connectivity index (χ3n) is 1.82. The number of aliphatic carboxylic acids is 1. The molecule has 1 N–H and O–H groups in total. The SMILES string of the molecule is Cc1cc(C)c(I)c(CC(=O)O)c1. The predicted molar refractivity (Wildman–Crippen MR) is 60.0 cm³/mol. The van der Waals surface area contributed by atoms with Gasteiger partial charge in [0.2, 0.25) is 0 Å². The van der Waals surface area contributed by atoms with Crippen LogP contribution >= 0.6 is 22.6 Å². The normalized spacial score (nSPS) is 10.1. The maximum absolute atomic E-state index is 10.5. The summed E-state index contributed by atoms with van der Waals surface area (Å²) in [4.78, 5) is 10.5. The van der Waals surface area contributed by atoms with E-state index in [-0.39, 0.29) is 6.42 Å². The van der Waals surface area contributed by atoms with E-state index in [9.17, 15) is 4.79 Å². The zero-order valence-corrected chi connectivity index (χ0v) is 9.75. The average molecular weight is 290 g/mol. The Morgan fingerprint density at radius 3 is 2.62 bits per heavy atom. The molecule has 0 saturated heterocycles. The molecule has 0 amide bonds. The highest BCUT2D eigenvalue weighted by Gasteiger charge is 2.07. The van der Waals surface area contributed by atoms with Crippen LogP contribution < -0.4 is 0 Å². The van der Waals surface area contributed by atoms with Gasteiger partial charge in [-0.3, -0.25) is 4.79 Å². The molecule has 1 aromatic carbocycles. The molecule has 0 atom stereocenters. The third kappa shape index (κ3) is 2.69. The Labute approximate surface area is 91.1 Å². The summed E-state index contributed by atoms with van der Waals surface area (Å²) >= 11 is 2.19. The van der Waals surface area contributed by atoms with Gasteiger partial charge in [-0.2, -0.15) is 0 Å². The molecular formula is C10H11IO2. The van der Waals surface area contributed by atoms with Crippen molar-refractivity contribution >= 4 is 28.6 Å². The molecule has 3 heteroatoms. The molecule has 2 nitrogen and oxygen atoms in total. The van der Waals surface area contributed by atoms with Gasteiger partial charge in [-0.1, -0.05) is 17.7 Å². The lowest BCUT2D eigenvalue weighted by atomic mass is 10.1. The molecule has 0 aliphatic carbocycles. The Balaban J connectivity index is 3.12. The molecular weight excluding hydrogens is 279 g/mol. The summed E-state index contributed by atoms with van der Waals surface area (Å²) in [6, 6.07) is 4.00. The first-order chi connectivity index (χ1) is 6.00. The Bertz CT molecular complexity index is 345. The second-order valence-corrected chi connectivity index (χ2v) is 4.20. The van der Waals surface area contributed by atoms with Crippen LogP contribution in [0, 0.1) is 17.4 Å². The minimum absolute atomic E-state index is 0.112. The van der Waals surface area contributed by atoms with E-state index in [1.54, 1.807) is 0 Å². The van der Waals surface area contributed by atoms with E-state index in [0.717, 1.165) is 20.3 Å². The fourth-order valence-electron chi connectivity index (χ4n) is 1.33. The van der Waals surface area contributed by atoms with Crippen LogP contribution in [0.1, 0.15) is 16.7 Å². The molecule has 0 aliphatic rings. The van der Waals surface area contributed by atoms with E-state index < -0.39 is 5.97 Å². The lowest BCUT2D eigenvalue weighted by Gasteiger charge is -2.06. The monoisotopic (exact) mass is 290 g/mol. The number of hydrogen-bond donors (Lipinski definition) is 1. The van der Waals surface area contributed by atoms with E-state index in [1.807, 2.05) is 19.9 Å². The van der Waals surface area contributed by atoms with Crippen molar-refractivity contribution in [3.05, 3.63) is 32.4 Å². The number of rotatable bonds is 2. The second kappa shape index (κ2) is 4.09. The summed E-state index contributed by atoms with van der Waals surface area (Å²) in [5, 5.41) is 8.67. The molecule has 0 bridgehead atoms. The van der Waals surface area contributed by atoms with E-state index in [2.05, 4.69) is 28.7 Å². The minimum Gasteiger partial charge on any atom is -0.481 e. The van der Waals surface area contributed by atoms with Crippen LogP contribution in [0.5, 0.6) is 0 Å². The Morgan fingerprint density at radius 2 is 2.08 bits per heavy atom. The van der Waals surface area contributed by atoms with Crippen LogP contribution in [0.25, 0.3) is 0 Å². The van der Waals surface area contributed by atoms with Gasteiger partial charge in [-0.15, -0.1) is 0 Å². The highest BCUT2D eigenvalue weighted by atomic mass is 127. The number of benzene rings is 1. The zero-order chi connectivity index (χ0) is 10.0. The van der Waals surface area contributed by atoms with E-state index in [4.69, 9.17) is 5.11 Å². The Kier molecular flexibility index (Phi) is 3.30. The van der Waals surface area contributed by atoms with Gasteiger partial charge in [-0.25, -0.2) is 0 Å². The van der Waals surface area contributed by atoms with Gasteiger partial charge in [-0.05, 0) is 47.6 Å². The topological polar surface area (TPSA) is 37.3 Å². The number of halogens is 1. The first-order valence-corrected chi connectivity index (χ1v) is 5.06. The van der Waals surface area contributed by atoms with Crippen LogP contribution in [-0.2, 0) is 11.2 Å². The first kappa shape index (κ1) is 10.5. The van der Waals surface area contributed by atoms with Crippen molar-refractivity contribution in [2.45, 2.75) is 20.3 Å². The predicted octanol–water partition coefficient (Wildman–Crippen LogP) is 2.54. The standard InChI is InChI=1S/C10H11IO2/c1-6-3-7(2)10(11)8(4-6)5-9(12)13/h3-4H,5H2,1-2H3,(H,12,13). The van der Waals surface area contributed by atoms with Crippen LogP contribution in [0.3, 0.4) is 0 Å². The first-order valence-electron chi connectivity index (χ1n) is 3.98. The van der Waals surface area contributed by atoms with Crippen LogP contribution in [0.2, 0.25) is 0 Å². The maximum atomic E-state index is 10.5. The lowest BCUT2D eigenvalue weighted by Crippen LogP contribution is -2.03. The van der Waals surface area contributed by atoms with Crippen molar-refractivity contribution in [3.8, 4) is 0 Å². The van der Waals surface area contributed by atoms with Crippen molar-refractivity contribution in [1.29, 1.82) is 0 Å². The molecule has 1 rings (SSSR count). The van der Waals surface area contributed by atoms with Crippen LogP contribution in [0.15, 0.2) is 12.1 Å². The molecule has 0 spiro atoms. The summed E-state index contributed by atoms with van der Waals surface area (Å²) in [7, 11) is 0. The van der Waals surface area contributed by atoms with E-state index in [1.165, 1.54) is 0 Å². The van der Waals surface area contributed by atoms with Crippen molar-refractivity contribution in [1.82, 2.24) is 0 Å².